The zero-order valence-electron chi connectivity index (χ0n) is 46.2. The Balaban J connectivity index is 0.00000623. The smallest absolute Gasteiger partial charge is 0.135 e. The molecule has 1 aliphatic heterocycles. The monoisotopic (exact) mass is 1210 g/mol. The molecule has 0 saturated heterocycles. The third-order valence-corrected chi connectivity index (χ3v) is 15.5. The number of para-hydroxylation sites is 4. The Morgan fingerprint density at radius 1 is 0.430 bits per heavy atom. The van der Waals surface area contributed by atoms with Gasteiger partial charge in [-0.3, -0.25) is 0 Å². The van der Waals surface area contributed by atoms with Crippen molar-refractivity contribution in [2.75, 3.05) is 9.80 Å². The second-order valence-electron chi connectivity index (χ2n) is 23.9. The number of hydrogen-bond donors (Lipinski definition) is 0. The van der Waals surface area contributed by atoms with Gasteiger partial charge in [0.2, 0.25) is 0 Å². The number of fused-ring (bicyclic) bond motifs is 7. The molecular weight excluding hydrogens is 1150 g/mol. The number of nitrogens with zero attached hydrogens (tertiary/aromatic N) is 5. The first-order chi connectivity index (χ1) is 37.5. The summed E-state index contributed by atoms with van der Waals surface area (Å²) in [4.78, 5) is 9.85. The molecule has 0 spiro atoms. The maximum Gasteiger partial charge on any atom is 0.135 e. The average Bonchev–Trinajstić information content (AvgIpc) is 4.30. The van der Waals surface area contributed by atoms with E-state index in [4.69, 9.17) is 9.72 Å². The van der Waals surface area contributed by atoms with Crippen molar-refractivity contribution < 1.29 is 25.8 Å². The first-order valence-electron chi connectivity index (χ1n) is 27.1. The minimum Gasteiger partial charge on any atom is -0.509 e. The summed E-state index contributed by atoms with van der Waals surface area (Å²) in [7, 11) is 0. The summed E-state index contributed by atoms with van der Waals surface area (Å²) < 4.78 is 11.4. The Bertz CT molecular complexity index is 4200. The molecule has 0 atom stereocenters. The van der Waals surface area contributed by atoms with Crippen molar-refractivity contribution >= 4 is 66.4 Å². The molecule has 0 saturated carbocycles. The summed E-state index contributed by atoms with van der Waals surface area (Å²) in [6, 6.07) is 79.1. The van der Waals surface area contributed by atoms with E-state index in [0.717, 1.165) is 78.3 Å². The van der Waals surface area contributed by atoms with Crippen LogP contribution in [0, 0.1) is 18.8 Å². The largest absolute Gasteiger partial charge is 0.509 e. The number of anilines is 4. The van der Waals surface area contributed by atoms with Gasteiger partial charge in [-0.1, -0.05) is 177 Å². The normalized spacial score (nSPS) is 12.9. The SMILES string of the molecule is CC(C)(C)c1cc(N2[CH-]N(c3[c-]c(Oc4[c-]c5c(cc4)c4cc(-c6ccccc6)ccc4n5-c4cc(C(C)(C)C)c(-c5ccc(-n6c7ccccc7c7ccccc76)cc5)cn4)ccc3)c3ccccc32)cc(C(C)(C)C)c1.[Pt]. The van der Waals surface area contributed by atoms with Crippen LogP contribution < -0.4 is 14.5 Å². The van der Waals surface area contributed by atoms with Crippen LogP contribution in [-0.4, -0.2) is 14.1 Å². The van der Waals surface area contributed by atoms with Crippen molar-refractivity contribution in [1.82, 2.24) is 14.1 Å². The van der Waals surface area contributed by atoms with Crippen molar-refractivity contribution in [3.63, 3.8) is 0 Å². The molecular formula is C72H62N5OPt-3. The van der Waals surface area contributed by atoms with E-state index in [2.05, 4.69) is 288 Å². The van der Waals surface area contributed by atoms with E-state index in [1.165, 1.54) is 38.5 Å². The molecule has 0 bridgehead atoms. The quantitative estimate of drug-likeness (QED) is 0.142. The van der Waals surface area contributed by atoms with E-state index >= 15 is 0 Å². The molecule has 0 unspecified atom stereocenters. The van der Waals surface area contributed by atoms with Gasteiger partial charge in [0.1, 0.15) is 5.82 Å². The van der Waals surface area contributed by atoms with Crippen molar-refractivity contribution in [2.24, 2.45) is 0 Å². The van der Waals surface area contributed by atoms with Crippen LogP contribution in [0.2, 0.25) is 0 Å². The van der Waals surface area contributed by atoms with Crippen LogP contribution in [0.4, 0.5) is 22.7 Å². The number of pyridine rings is 1. The number of rotatable bonds is 8. The third-order valence-electron chi connectivity index (χ3n) is 15.5. The minimum absolute atomic E-state index is 0. The van der Waals surface area contributed by atoms with Crippen molar-refractivity contribution in [3.05, 3.63) is 242 Å². The van der Waals surface area contributed by atoms with Gasteiger partial charge < -0.3 is 23.7 Å². The molecule has 0 radical (unpaired) electrons. The number of hydrogen-bond acceptors (Lipinski definition) is 4. The summed E-state index contributed by atoms with van der Waals surface area (Å²) in [6.45, 7) is 22.8. The van der Waals surface area contributed by atoms with Crippen LogP contribution in [0.15, 0.2) is 206 Å². The Hall–Kier alpha value is -8.18. The van der Waals surface area contributed by atoms with E-state index in [0.29, 0.717) is 11.5 Å². The van der Waals surface area contributed by atoms with Gasteiger partial charge in [0.05, 0.1) is 11.0 Å². The van der Waals surface area contributed by atoms with Crippen LogP contribution >= 0.6 is 0 Å². The fourth-order valence-corrected chi connectivity index (χ4v) is 11.3. The maximum absolute atomic E-state index is 6.81. The van der Waals surface area contributed by atoms with Crippen LogP contribution in [0.1, 0.15) is 79.0 Å². The standard InChI is InChI=1S/C72H62N5O.Pt/c1-70(2,3)50-39-51(71(4,5)6)41-54(40-50)75-46-74(66-28-17-18-29-67(66)75)53-22-19-23-55(42-53)78-56-35-36-59-60-38-49(47-20-11-10-12-21-47)32-37-65(60)77(68(59)43-56)69-44-62(72(7,8)9)61(45-73-69)48-30-33-52(34-31-48)76-63-26-15-13-24-57(63)58-25-14-16-27-64(58)76;/h10-41,44-46H,1-9H3;/q-3;. The first kappa shape index (κ1) is 51.6. The summed E-state index contributed by atoms with van der Waals surface area (Å²) in [5.41, 5.74) is 17.7. The molecule has 13 rings (SSSR count). The molecule has 6 nitrogen and oxygen atoms in total. The second-order valence-corrected chi connectivity index (χ2v) is 23.9. The van der Waals surface area contributed by atoms with E-state index in [9.17, 15) is 0 Å². The maximum atomic E-state index is 6.81. The molecule has 0 aliphatic carbocycles. The van der Waals surface area contributed by atoms with Gasteiger partial charge in [-0.05, 0) is 116 Å². The third kappa shape index (κ3) is 9.30. The Morgan fingerprint density at radius 3 is 1.68 bits per heavy atom. The van der Waals surface area contributed by atoms with E-state index in [1.54, 1.807) is 0 Å². The molecule has 0 fully saturated rings. The first-order valence-corrected chi connectivity index (χ1v) is 27.1. The van der Waals surface area contributed by atoms with Crippen molar-refractivity contribution in [1.29, 1.82) is 0 Å². The minimum atomic E-state index is -0.216. The summed E-state index contributed by atoms with van der Waals surface area (Å²) in [5, 5.41) is 4.67. The van der Waals surface area contributed by atoms with Gasteiger partial charge in [-0.15, -0.1) is 48.1 Å². The predicted molar refractivity (Wildman–Crippen MR) is 326 cm³/mol. The van der Waals surface area contributed by atoms with Crippen LogP contribution in [0.5, 0.6) is 11.5 Å². The molecule has 0 amide bonds. The van der Waals surface area contributed by atoms with Crippen molar-refractivity contribution in [2.45, 2.75) is 78.6 Å². The number of benzene rings is 9. The topological polar surface area (TPSA) is 38.5 Å². The van der Waals surface area contributed by atoms with Crippen LogP contribution in [0.25, 0.3) is 77.4 Å². The molecule has 12 aromatic rings. The Labute approximate surface area is 478 Å². The van der Waals surface area contributed by atoms with Crippen molar-refractivity contribution in [3.8, 4) is 45.3 Å². The zero-order valence-corrected chi connectivity index (χ0v) is 48.4. The summed E-state index contributed by atoms with van der Waals surface area (Å²) >= 11 is 0. The predicted octanol–water partition coefficient (Wildman–Crippen LogP) is 19.3. The molecule has 394 valence electrons. The van der Waals surface area contributed by atoms with Gasteiger partial charge in [0, 0.05) is 83.4 Å². The number of aromatic nitrogens is 3. The van der Waals surface area contributed by atoms with E-state index < -0.39 is 0 Å². The van der Waals surface area contributed by atoms with Gasteiger partial charge in [0.25, 0.3) is 0 Å². The number of ether oxygens (including phenoxy) is 1. The molecule has 79 heavy (non-hydrogen) atoms. The van der Waals surface area contributed by atoms with Crippen LogP contribution in [-0.2, 0) is 37.3 Å². The Kier molecular flexibility index (Phi) is 12.8. The summed E-state index contributed by atoms with van der Waals surface area (Å²) in [5.74, 6) is 1.99. The molecule has 3 aromatic heterocycles. The van der Waals surface area contributed by atoms with Crippen LogP contribution in [0.3, 0.4) is 0 Å². The molecule has 7 heteroatoms. The van der Waals surface area contributed by atoms with Gasteiger partial charge in [-0.2, -0.15) is 12.1 Å². The summed E-state index contributed by atoms with van der Waals surface area (Å²) in [6.07, 6.45) is 2.06. The van der Waals surface area contributed by atoms with Gasteiger partial charge >= 0.3 is 0 Å². The van der Waals surface area contributed by atoms with E-state index in [1.807, 2.05) is 18.2 Å². The van der Waals surface area contributed by atoms with Gasteiger partial charge in [-0.25, -0.2) is 4.98 Å². The fourth-order valence-electron chi connectivity index (χ4n) is 11.3. The fraction of sp³-hybridized carbons (Fsp3) is 0.167. The molecule has 4 heterocycles. The zero-order chi connectivity index (χ0) is 53.7. The second kappa shape index (κ2) is 19.6. The molecule has 0 N–H and O–H groups in total. The molecule has 1 aliphatic rings. The van der Waals surface area contributed by atoms with Gasteiger partial charge in [0.15, 0.2) is 0 Å². The molecule has 9 aromatic carbocycles. The average molecular weight is 1210 g/mol. The van der Waals surface area contributed by atoms with E-state index in [-0.39, 0.29) is 37.3 Å². The Morgan fingerprint density at radius 2 is 1.03 bits per heavy atom.